The molecule has 2 aromatic heterocycles. The molecule has 6 nitrogen and oxygen atoms in total. The Balaban J connectivity index is 1.70. The summed E-state index contributed by atoms with van der Waals surface area (Å²) in [4.78, 5) is 11.9. The molecule has 2 heterocycles. The molecule has 3 aromatic rings. The van der Waals surface area contributed by atoms with Crippen LogP contribution in [0, 0.1) is 6.92 Å². The maximum Gasteiger partial charge on any atom is 0.203 e. The van der Waals surface area contributed by atoms with Crippen LogP contribution in [0.5, 0.6) is 17.2 Å². The van der Waals surface area contributed by atoms with Crippen LogP contribution in [0.4, 0.5) is 5.82 Å². The van der Waals surface area contributed by atoms with E-state index in [1.807, 2.05) is 19.1 Å². The fourth-order valence-electron chi connectivity index (χ4n) is 3.71. The van der Waals surface area contributed by atoms with Gasteiger partial charge in [-0.1, -0.05) is 0 Å². The van der Waals surface area contributed by atoms with Crippen LogP contribution in [-0.2, 0) is 19.4 Å². The van der Waals surface area contributed by atoms with Gasteiger partial charge in [-0.2, -0.15) is 0 Å². The first-order valence-corrected chi connectivity index (χ1v) is 9.78. The monoisotopic (exact) mass is 385 g/mol. The smallest absolute Gasteiger partial charge is 0.203 e. The van der Waals surface area contributed by atoms with Gasteiger partial charge in [0.05, 0.1) is 26.7 Å². The molecule has 1 N–H and O–H groups in total. The fourth-order valence-corrected chi connectivity index (χ4v) is 5.02. The van der Waals surface area contributed by atoms with E-state index in [1.54, 1.807) is 32.7 Å². The Labute approximate surface area is 162 Å². The van der Waals surface area contributed by atoms with Gasteiger partial charge in [0.1, 0.15) is 16.5 Å². The van der Waals surface area contributed by atoms with Crippen molar-refractivity contribution in [2.75, 3.05) is 26.6 Å². The molecule has 0 radical (unpaired) electrons. The van der Waals surface area contributed by atoms with Crippen molar-refractivity contribution in [1.82, 2.24) is 9.97 Å². The highest BCUT2D eigenvalue weighted by atomic mass is 32.1. The molecule has 142 valence electrons. The van der Waals surface area contributed by atoms with Crippen molar-refractivity contribution in [3.05, 3.63) is 34.0 Å². The number of ether oxygens (including phenoxy) is 3. The van der Waals surface area contributed by atoms with Crippen LogP contribution < -0.4 is 19.5 Å². The molecule has 0 aliphatic heterocycles. The molecule has 0 fully saturated rings. The van der Waals surface area contributed by atoms with Crippen LogP contribution >= 0.6 is 11.3 Å². The zero-order valence-electron chi connectivity index (χ0n) is 16.0. The number of aryl methyl sites for hydroxylation is 3. The summed E-state index contributed by atoms with van der Waals surface area (Å²) in [6.07, 6.45) is 3.47. The van der Waals surface area contributed by atoms with Gasteiger partial charge >= 0.3 is 0 Å². The Morgan fingerprint density at radius 3 is 2.59 bits per heavy atom. The second-order valence-corrected chi connectivity index (χ2v) is 7.59. The third kappa shape index (κ3) is 3.06. The Morgan fingerprint density at radius 1 is 1.04 bits per heavy atom. The number of fused-ring (bicyclic) bond motifs is 3. The van der Waals surface area contributed by atoms with Gasteiger partial charge in [-0.05, 0) is 43.9 Å². The van der Waals surface area contributed by atoms with Gasteiger partial charge in [0.15, 0.2) is 11.5 Å². The van der Waals surface area contributed by atoms with Crippen molar-refractivity contribution in [3.8, 4) is 17.2 Å². The molecule has 4 rings (SSSR count). The number of rotatable bonds is 6. The summed E-state index contributed by atoms with van der Waals surface area (Å²) in [5, 5.41) is 4.68. The van der Waals surface area contributed by atoms with E-state index < -0.39 is 0 Å². The summed E-state index contributed by atoms with van der Waals surface area (Å²) in [5.74, 6) is 3.59. The minimum atomic E-state index is 0.569. The number of aromatic nitrogens is 2. The van der Waals surface area contributed by atoms with Gasteiger partial charge in [-0.15, -0.1) is 11.3 Å². The molecule has 0 bridgehead atoms. The lowest BCUT2D eigenvalue weighted by atomic mass is 10.1. The highest BCUT2D eigenvalue weighted by Crippen LogP contribution is 2.41. The molecule has 0 atom stereocenters. The lowest BCUT2D eigenvalue weighted by Crippen LogP contribution is -2.06. The molecule has 27 heavy (non-hydrogen) atoms. The quantitative estimate of drug-likeness (QED) is 0.688. The second-order valence-electron chi connectivity index (χ2n) is 6.50. The third-order valence-corrected chi connectivity index (χ3v) is 6.09. The van der Waals surface area contributed by atoms with Gasteiger partial charge in [-0.25, -0.2) is 9.97 Å². The molecule has 1 aromatic carbocycles. The Morgan fingerprint density at radius 2 is 1.85 bits per heavy atom. The number of nitrogens with one attached hydrogen (secondary N) is 1. The largest absolute Gasteiger partial charge is 0.493 e. The van der Waals surface area contributed by atoms with Crippen LogP contribution in [-0.4, -0.2) is 31.3 Å². The summed E-state index contributed by atoms with van der Waals surface area (Å²) in [6, 6.07) is 3.87. The van der Waals surface area contributed by atoms with E-state index in [4.69, 9.17) is 14.2 Å². The number of anilines is 1. The van der Waals surface area contributed by atoms with E-state index in [0.29, 0.717) is 23.8 Å². The predicted octanol–water partition coefficient (Wildman–Crippen LogP) is 4.13. The Hall–Kier alpha value is -2.54. The fraction of sp³-hybridized carbons (Fsp3) is 0.400. The lowest BCUT2D eigenvalue weighted by Gasteiger charge is -2.16. The van der Waals surface area contributed by atoms with E-state index >= 15 is 0 Å². The molecule has 0 saturated heterocycles. The average Bonchev–Trinajstić information content (AvgIpc) is 3.25. The number of nitrogens with zero attached hydrogens (tertiary/aromatic N) is 2. The van der Waals surface area contributed by atoms with Gasteiger partial charge in [0.2, 0.25) is 5.75 Å². The normalized spacial score (nSPS) is 12.9. The zero-order chi connectivity index (χ0) is 19.0. The topological polar surface area (TPSA) is 65.5 Å². The van der Waals surface area contributed by atoms with Crippen molar-refractivity contribution in [2.45, 2.75) is 32.7 Å². The number of benzene rings is 1. The highest BCUT2D eigenvalue weighted by molar-refractivity contribution is 7.19. The van der Waals surface area contributed by atoms with Crippen molar-refractivity contribution >= 4 is 27.4 Å². The highest BCUT2D eigenvalue weighted by Gasteiger charge is 2.22. The Bertz CT molecular complexity index is 1000. The number of thiophene rings is 1. The van der Waals surface area contributed by atoms with Crippen LogP contribution in [0.25, 0.3) is 10.2 Å². The van der Waals surface area contributed by atoms with Crippen molar-refractivity contribution < 1.29 is 14.2 Å². The standard InChI is InChI=1S/C20H23N3O3S/c1-11-22-19(16-13-6-5-7-15(13)27-20(16)23-11)21-10-12-8-9-14(24-2)18(26-4)17(12)25-3/h8-9H,5-7,10H2,1-4H3,(H,21,22,23). The van der Waals surface area contributed by atoms with Crippen molar-refractivity contribution in [1.29, 1.82) is 0 Å². The number of hydrogen-bond acceptors (Lipinski definition) is 7. The van der Waals surface area contributed by atoms with Gasteiger partial charge in [-0.3, -0.25) is 0 Å². The van der Waals surface area contributed by atoms with Crippen LogP contribution in [0.15, 0.2) is 12.1 Å². The molecule has 0 spiro atoms. The minimum absolute atomic E-state index is 0.569. The van der Waals surface area contributed by atoms with Crippen molar-refractivity contribution in [3.63, 3.8) is 0 Å². The van der Waals surface area contributed by atoms with E-state index in [1.165, 1.54) is 22.2 Å². The molecular weight excluding hydrogens is 362 g/mol. The first-order chi connectivity index (χ1) is 13.2. The maximum absolute atomic E-state index is 5.59. The van der Waals surface area contributed by atoms with Gasteiger partial charge < -0.3 is 19.5 Å². The lowest BCUT2D eigenvalue weighted by molar-refractivity contribution is 0.322. The predicted molar refractivity (Wildman–Crippen MR) is 108 cm³/mol. The SMILES string of the molecule is COc1ccc(CNc2nc(C)nc3sc4c(c23)CCC4)c(OC)c1OC. The Kier molecular flexibility index (Phi) is 4.78. The molecule has 0 unspecified atom stereocenters. The first kappa shape index (κ1) is 17.9. The average molecular weight is 385 g/mol. The van der Waals surface area contributed by atoms with Crippen molar-refractivity contribution in [2.24, 2.45) is 0 Å². The first-order valence-electron chi connectivity index (χ1n) is 8.96. The number of methoxy groups -OCH3 is 3. The summed E-state index contributed by atoms with van der Waals surface area (Å²) in [5.41, 5.74) is 2.39. The zero-order valence-corrected chi connectivity index (χ0v) is 16.8. The molecule has 0 saturated carbocycles. The maximum atomic E-state index is 5.59. The molecule has 0 amide bonds. The molecule has 1 aliphatic carbocycles. The summed E-state index contributed by atoms with van der Waals surface area (Å²) >= 11 is 1.80. The van der Waals surface area contributed by atoms with Gasteiger partial charge in [0, 0.05) is 17.0 Å². The minimum Gasteiger partial charge on any atom is -0.493 e. The summed E-state index contributed by atoms with van der Waals surface area (Å²) in [6.45, 7) is 2.51. The second kappa shape index (κ2) is 7.23. The van der Waals surface area contributed by atoms with E-state index in [9.17, 15) is 0 Å². The van der Waals surface area contributed by atoms with Crippen LogP contribution in [0.2, 0.25) is 0 Å². The third-order valence-electron chi connectivity index (χ3n) is 4.91. The molecule has 7 heteroatoms. The van der Waals surface area contributed by atoms with Gasteiger partial charge in [0.25, 0.3) is 0 Å². The van der Waals surface area contributed by atoms with E-state index in [0.717, 1.165) is 34.9 Å². The molecular formula is C20H23N3O3S. The van der Waals surface area contributed by atoms with Crippen LogP contribution in [0.3, 0.4) is 0 Å². The van der Waals surface area contributed by atoms with E-state index in [-0.39, 0.29) is 0 Å². The summed E-state index contributed by atoms with van der Waals surface area (Å²) in [7, 11) is 4.87. The summed E-state index contributed by atoms with van der Waals surface area (Å²) < 4.78 is 16.4. The van der Waals surface area contributed by atoms with E-state index in [2.05, 4.69) is 15.3 Å². The number of hydrogen-bond donors (Lipinski definition) is 1. The molecule has 1 aliphatic rings. The van der Waals surface area contributed by atoms with Crippen LogP contribution in [0.1, 0.15) is 28.2 Å².